The van der Waals surface area contributed by atoms with Crippen molar-refractivity contribution < 1.29 is 23.8 Å². The Morgan fingerprint density at radius 3 is 2.69 bits per heavy atom. The first kappa shape index (κ1) is 22.7. The van der Waals surface area contributed by atoms with E-state index in [-0.39, 0.29) is 41.5 Å². The van der Waals surface area contributed by atoms with Crippen molar-refractivity contribution in [3.63, 3.8) is 0 Å². The molecular weight excluding hydrogens is 472 g/mol. The standard InChI is InChI=1S/C26H27BrO5/c1-4-5-9-16(2)24(28)22(27)13-20-21-15-26(31-17(3)32-26)14-19(21)12-23(20)30-25(29)18-10-7-6-8-11-18/h6-8,10-11,13,16,19-21,23H,3,9,12,14-15H2,1-2H3/b22-13-/t16?,19-,20-,21+,23-/m1/s1. The lowest BCUT2D eigenvalue weighted by Gasteiger charge is -2.41. The number of Topliss-reactive ketones (excluding diaryl/α,β-unsaturated/α-hetero) is 1. The third kappa shape index (κ3) is 4.49. The molecule has 1 heterocycles. The fourth-order valence-corrected chi connectivity index (χ4v) is 5.86. The molecule has 0 bridgehead atoms. The molecule has 3 aliphatic rings. The van der Waals surface area contributed by atoms with Gasteiger partial charge < -0.3 is 14.2 Å². The quantitative estimate of drug-likeness (QED) is 0.299. The van der Waals surface area contributed by atoms with Gasteiger partial charge in [-0.3, -0.25) is 4.79 Å². The molecule has 1 saturated heterocycles. The number of rotatable bonds is 6. The van der Waals surface area contributed by atoms with Gasteiger partial charge in [-0.2, -0.15) is 0 Å². The largest absolute Gasteiger partial charge is 0.458 e. The van der Waals surface area contributed by atoms with Crippen LogP contribution in [0, 0.1) is 35.5 Å². The highest BCUT2D eigenvalue weighted by atomic mass is 79.9. The first-order valence-corrected chi connectivity index (χ1v) is 11.8. The van der Waals surface area contributed by atoms with Crippen molar-refractivity contribution >= 4 is 27.7 Å². The molecule has 1 spiro atoms. The maximum atomic E-state index is 12.9. The number of benzene rings is 1. The Morgan fingerprint density at radius 2 is 2.03 bits per heavy atom. The van der Waals surface area contributed by atoms with Crippen LogP contribution < -0.4 is 0 Å². The molecule has 0 aromatic heterocycles. The third-order valence-corrected chi connectivity index (χ3v) is 7.31. The van der Waals surface area contributed by atoms with Gasteiger partial charge in [-0.25, -0.2) is 4.79 Å². The molecule has 32 heavy (non-hydrogen) atoms. The third-order valence-electron chi connectivity index (χ3n) is 6.66. The van der Waals surface area contributed by atoms with Crippen molar-refractivity contribution in [1.29, 1.82) is 0 Å². The predicted molar refractivity (Wildman–Crippen MR) is 123 cm³/mol. The number of carbonyl (C=O) groups is 2. The van der Waals surface area contributed by atoms with E-state index in [1.165, 1.54) is 0 Å². The summed E-state index contributed by atoms with van der Waals surface area (Å²) in [6, 6.07) is 8.98. The van der Waals surface area contributed by atoms with Crippen molar-refractivity contribution in [2.75, 3.05) is 0 Å². The van der Waals surface area contributed by atoms with Gasteiger partial charge in [0.25, 0.3) is 11.7 Å². The minimum atomic E-state index is -0.618. The molecule has 1 unspecified atom stereocenters. The van der Waals surface area contributed by atoms with E-state index in [2.05, 4.69) is 34.3 Å². The second kappa shape index (κ2) is 9.15. The summed E-state index contributed by atoms with van der Waals surface area (Å²) in [4.78, 5) is 25.6. The number of halogens is 1. The van der Waals surface area contributed by atoms with Crippen LogP contribution in [-0.4, -0.2) is 23.6 Å². The topological polar surface area (TPSA) is 61.8 Å². The summed E-state index contributed by atoms with van der Waals surface area (Å²) >= 11 is 3.50. The van der Waals surface area contributed by atoms with Crippen LogP contribution in [0.25, 0.3) is 0 Å². The maximum Gasteiger partial charge on any atom is 0.338 e. The van der Waals surface area contributed by atoms with Crippen molar-refractivity contribution in [3.05, 3.63) is 59.0 Å². The highest BCUT2D eigenvalue weighted by molar-refractivity contribution is 9.12. The molecule has 1 aliphatic heterocycles. The summed E-state index contributed by atoms with van der Waals surface area (Å²) in [6.07, 6.45) is 4.24. The first-order valence-electron chi connectivity index (χ1n) is 11.0. The van der Waals surface area contributed by atoms with E-state index in [0.29, 0.717) is 35.3 Å². The molecule has 5 nitrogen and oxygen atoms in total. The SMILES string of the molecule is C=C1OC2(C[C@H]3C[C@@H](OC(=O)c4ccccc4)[C@H](/C=C(\Br)C(=O)C(C)CC#CC)[C@H]3C2)O1. The molecule has 0 amide bonds. The molecule has 5 atom stereocenters. The Balaban J connectivity index is 1.54. The van der Waals surface area contributed by atoms with E-state index in [1.54, 1.807) is 19.1 Å². The number of esters is 1. The van der Waals surface area contributed by atoms with Gasteiger partial charge in [0.15, 0.2) is 5.78 Å². The zero-order valence-electron chi connectivity index (χ0n) is 18.3. The van der Waals surface area contributed by atoms with Gasteiger partial charge in [-0.05, 0) is 59.8 Å². The van der Waals surface area contributed by atoms with Crippen molar-refractivity contribution in [1.82, 2.24) is 0 Å². The summed E-state index contributed by atoms with van der Waals surface area (Å²) in [6.45, 7) is 7.35. The van der Waals surface area contributed by atoms with Crippen LogP contribution in [0.3, 0.4) is 0 Å². The second-order valence-electron chi connectivity index (χ2n) is 8.85. The molecule has 2 saturated carbocycles. The Hall–Kier alpha value is -2.52. The fourth-order valence-electron chi connectivity index (χ4n) is 5.16. The number of hydrogen-bond acceptors (Lipinski definition) is 5. The van der Waals surface area contributed by atoms with Gasteiger partial charge in [0.2, 0.25) is 0 Å². The van der Waals surface area contributed by atoms with E-state index in [0.717, 1.165) is 6.42 Å². The molecule has 0 radical (unpaired) electrons. The summed E-state index contributed by atoms with van der Waals surface area (Å²) in [5.74, 6) is 5.32. The summed E-state index contributed by atoms with van der Waals surface area (Å²) in [7, 11) is 0. The van der Waals surface area contributed by atoms with E-state index < -0.39 is 5.79 Å². The average molecular weight is 499 g/mol. The van der Waals surface area contributed by atoms with Gasteiger partial charge in [0.1, 0.15) is 6.10 Å². The van der Waals surface area contributed by atoms with Gasteiger partial charge in [0.05, 0.1) is 10.0 Å². The minimum absolute atomic E-state index is 0.00145. The van der Waals surface area contributed by atoms with Gasteiger partial charge in [0, 0.05) is 31.1 Å². The lowest BCUT2D eigenvalue weighted by Crippen LogP contribution is -2.43. The van der Waals surface area contributed by atoms with Gasteiger partial charge in [-0.15, -0.1) is 11.8 Å². The summed E-state index contributed by atoms with van der Waals surface area (Å²) in [5, 5.41) is 0. The number of ether oxygens (including phenoxy) is 3. The zero-order valence-corrected chi connectivity index (χ0v) is 19.9. The number of ketones is 1. The second-order valence-corrected chi connectivity index (χ2v) is 9.71. The van der Waals surface area contributed by atoms with Crippen LogP contribution in [0.1, 0.15) is 49.9 Å². The van der Waals surface area contributed by atoms with Crippen LogP contribution in [-0.2, 0) is 19.0 Å². The Morgan fingerprint density at radius 1 is 1.31 bits per heavy atom. The van der Waals surface area contributed by atoms with Crippen LogP contribution in [0.4, 0.5) is 0 Å². The van der Waals surface area contributed by atoms with Crippen molar-refractivity contribution in [3.8, 4) is 11.8 Å². The predicted octanol–water partition coefficient (Wildman–Crippen LogP) is 5.37. The number of fused-ring (bicyclic) bond motifs is 1. The van der Waals surface area contributed by atoms with E-state index in [9.17, 15) is 9.59 Å². The Bertz CT molecular complexity index is 994. The molecule has 1 aromatic carbocycles. The molecule has 3 fully saturated rings. The molecule has 1 aromatic rings. The van der Waals surface area contributed by atoms with Gasteiger partial charge >= 0.3 is 5.97 Å². The van der Waals surface area contributed by atoms with E-state index in [4.69, 9.17) is 14.2 Å². The molecule has 6 heteroatoms. The summed E-state index contributed by atoms with van der Waals surface area (Å²) in [5.41, 5.74) is 0.521. The molecule has 4 rings (SSSR count). The molecule has 168 valence electrons. The molecule has 0 N–H and O–H groups in total. The average Bonchev–Trinajstić information content (AvgIpc) is 3.27. The normalized spacial score (nSPS) is 28.5. The minimum Gasteiger partial charge on any atom is -0.458 e. The van der Waals surface area contributed by atoms with Crippen LogP contribution in [0.2, 0.25) is 0 Å². The number of allylic oxidation sites excluding steroid dienone is 1. The molecular formula is C26H27BrO5. The summed E-state index contributed by atoms with van der Waals surface area (Å²) < 4.78 is 18.0. The highest BCUT2D eigenvalue weighted by Gasteiger charge is 2.61. The van der Waals surface area contributed by atoms with Gasteiger partial charge in [-0.1, -0.05) is 31.2 Å². The number of carbonyl (C=O) groups excluding carboxylic acids is 2. The number of hydrogen-bond donors (Lipinski definition) is 0. The van der Waals surface area contributed by atoms with Crippen LogP contribution >= 0.6 is 15.9 Å². The Labute approximate surface area is 197 Å². The lowest BCUT2D eigenvalue weighted by atomic mass is 9.89. The van der Waals surface area contributed by atoms with E-state index >= 15 is 0 Å². The monoisotopic (exact) mass is 498 g/mol. The zero-order chi connectivity index (χ0) is 22.9. The fraction of sp³-hybridized carbons (Fsp3) is 0.462. The van der Waals surface area contributed by atoms with Crippen molar-refractivity contribution in [2.45, 2.75) is 51.4 Å². The first-order chi connectivity index (χ1) is 15.3. The smallest absolute Gasteiger partial charge is 0.338 e. The lowest BCUT2D eigenvalue weighted by molar-refractivity contribution is -0.332. The van der Waals surface area contributed by atoms with E-state index in [1.807, 2.05) is 31.2 Å². The van der Waals surface area contributed by atoms with Crippen molar-refractivity contribution in [2.24, 2.45) is 23.7 Å². The highest BCUT2D eigenvalue weighted by Crippen LogP contribution is 2.58. The van der Waals surface area contributed by atoms with Crippen LogP contribution in [0.5, 0.6) is 0 Å². The molecule has 2 aliphatic carbocycles. The maximum absolute atomic E-state index is 12.9. The van der Waals surface area contributed by atoms with Crippen LogP contribution in [0.15, 0.2) is 53.4 Å². The Kier molecular flexibility index (Phi) is 6.48.